The quantitative estimate of drug-likeness (QED) is 0.396. The fourth-order valence-electron chi connectivity index (χ4n) is 3.33. The van der Waals surface area contributed by atoms with Gasteiger partial charge in [0.05, 0.1) is 21.6 Å². The van der Waals surface area contributed by atoms with Gasteiger partial charge in [-0.15, -0.1) is 11.3 Å². The molecule has 0 saturated heterocycles. The molecule has 0 radical (unpaired) electrons. The third kappa shape index (κ3) is 4.18. The molecule has 0 fully saturated rings. The predicted octanol–water partition coefficient (Wildman–Crippen LogP) is 4.40. The first kappa shape index (κ1) is 22.2. The standard InChI is InChI=1S/C22H22ClN5O3S/c1-4-5-10-27(3)16(29)11-28-12-24-21-17(22(28)30)13(2)18(32-21)20-25-19(26-31-20)14-8-6-7-9-15(14)23/h6-9,12H,4-5,10-11H2,1-3H3. The number of hydrogen-bond acceptors (Lipinski definition) is 7. The lowest BCUT2D eigenvalue weighted by molar-refractivity contribution is -0.130. The van der Waals surface area contributed by atoms with Crippen molar-refractivity contribution in [1.82, 2.24) is 24.6 Å². The van der Waals surface area contributed by atoms with Crippen LogP contribution in [-0.4, -0.2) is 44.1 Å². The number of benzene rings is 1. The normalized spacial score (nSPS) is 11.2. The van der Waals surface area contributed by atoms with Gasteiger partial charge < -0.3 is 9.42 Å². The van der Waals surface area contributed by atoms with Crippen molar-refractivity contribution in [1.29, 1.82) is 0 Å². The molecule has 0 atom stereocenters. The van der Waals surface area contributed by atoms with Crippen molar-refractivity contribution in [3.63, 3.8) is 0 Å². The smallest absolute Gasteiger partial charge is 0.268 e. The van der Waals surface area contributed by atoms with Gasteiger partial charge in [-0.3, -0.25) is 14.2 Å². The van der Waals surface area contributed by atoms with Gasteiger partial charge in [0.2, 0.25) is 11.7 Å². The van der Waals surface area contributed by atoms with Crippen LogP contribution in [0.3, 0.4) is 0 Å². The highest BCUT2D eigenvalue weighted by Gasteiger charge is 2.22. The first-order valence-corrected chi connectivity index (χ1v) is 11.4. The maximum absolute atomic E-state index is 13.1. The number of carbonyl (C=O) groups is 1. The van der Waals surface area contributed by atoms with Crippen LogP contribution >= 0.6 is 22.9 Å². The Hall–Kier alpha value is -3.04. The molecule has 32 heavy (non-hydrogen) atoms. The fourth-order valence-corrected chi connectivity index (χ4v) is 4.61. The number of hydrogen-bond donors (Lipinski definition) is 0. The molecule has 0 aliphatic rings. The van der Waals surface area contributed by atoms with Crippen molar-refractivity contribution >= 4 is 39.1 Å². The number of aromatic nitrogens is 4. The highest BCUT2D eigenvalue weighted by Crippen LogP contribution is 2.36. The van der Waals surface area contributed by atoms with Crippen molar-refractivity contribution < 1.29 is 9.32 Å². The SMILES string of the molecule is CCCCN(C)C(=O)Cn1cnc2sc(-c3nc(-c4ccccc4Cl)no3)c(C)c2c1=O. The first-order chi connectivity index (χ1) is 15.4. The van der Waals surface area contributed by atoms with Crippen molar-refractivity contribution in [2.24, 2.45) is 0 Å². The van der Waals surface area contributed by atoms with Crippen LogP contribution in [0.4, 0.5) is 0 Å². The number of nitrogens with zero attached hydrogens (tertiary/aromatic N) is 5. The van der Waals surface area contributed by atoms with Gasteiger partial charge in [-0.1, -0.05) is 42.2 Å². The number of aryl methyl sites for hydroxylation is 1. The van der Waals surface area contributed by atoms with E-state index < -0.39 is 0 Å². The largest absolute Gasteiger partial charge is 0.344 e. The Morgan fingerprint density at radius 3 is 2.84 bits per heavy atom. The van der Waals surface area contributed by atoms with Crippen LogP contribution in [0.5, 0.6) is 0 Å². The van der Waals surface area contributed by atoms with E-state index in [-0.39, 0.29) is 18.0 Å². The van der Waals surface area contributed by atoms with E-state index in [4.69, 9.17) is 16.1 Å². The minimum absolute atomic E-state index is 0.0518. The van der Waals surface area contributed by atoms with E-state index in [9.17, 15) is 9.59 Å². The third-order valence-corrected chi connectivity index (χ3v) is 6.75. The van der Waals surface area contributed by atoms with Gasteiger partial charge in [0, 0.05) is 19.2 Å². The van der Waals surface area contributed by atoms with E-state index in [1.54, 1.807) is 18.0 Å². The number of halogens is 1. The number of unbranched alkanes of at least 4 members (excludes halogenated alkanes) is 1. The van der Waals surface area contributed by atoms with E-state index >= 15 is 0 Å². The molecule has 8 nitrogen and oxygen atoms in total. The summed E-state index contributed by atoms with van der Waals surface area (Å²) in [5.74, 6) is 0.534. The predicted molar refractivity (Wildman–Crippen MR) is 125 cm³/mol. The number of rotatable bonds is 7. The average Bonchev–Trinajstić information content (AvgIpc) is 3.39. The molecule has 4 rings (SSSR count). The first-order valence-electron chi connectivity index (χ1n) is 10.2. The highest BCUT2D eigenvalue weighted by atomic mass is 35.5. The number of amides is 1. The molecule has 0 N–H and O–H groups in total. The minimum atomic E-state index is -0.266. The van der Waals surface area contributed by atoms with E-state index in [2.05, 4.69) is 22.0 Å². The van der Waals surface area contributed by atoms with E-state index in [1.807, 2.05) is 25.1 Å². The highest BCUT2D eigenvalue weighted by molar-refractivity contribution is 7.22. The monoisotopic (exact) mass is 471 g/mol. The molecule has 3 heterocycles. The molecule has 0 saturated carbocycles. The maximum Gasteiger partial charge on any atom is 0.268 e. The van der Waals surface area contributed by atoms with Crippen LogP contribution in [0.2, 0.25) is 5.02 Å². The molecule has 3 aromatic heterocycles. The van der Waals surface area contributed by atoms with E-state index in [0.29, 0.717) is 49.5 Å². The summed E-state index contributed by atoms with van der Waals surface area (Å²) in [5.41, 5.74) is 1.09. The Bertz CT molecular complexity index is 1340. The number of carbonyl (C=O) groups excluding carboxylic acids is 1. The topological polar surface area (TPSA) is 94.1 Å². The van der Waals surface area contributed by atoms with Crippen molar-refractivity contribution in [2.45, 2.75) is 33.2 Å². The molecule has 0 aliphatic heterocycles. The number of thiophene rings is 1. The Balaban J connectivity index is 1.67. The van der Waals surface area contributed by atoms with Crippen molar-refractivity contribution in [2.75, 3.05) is 13.6 Å². The zero-order chi connectivity index (χ0) is 22.8. The van der Waals surface area contributed by atoms with Gasteiger partial charge in [0.15, 0.2) is 0 Å². The van der Waals surface area contributed by atoms with Crippen LogP contribution < -0.4 is 5.56 Å². The van der Waals surface area contributed by atoms with Gasteiger partial charge in [-0.25, -0.2) is 4.98 Å². The lowest BCUT2D eigenvalue weighted by atomic mass is 10.2. The van der Waals surface area contributed by atoms with Crippen LogP contribution in [0.15, 0.2) is 39.9 Å². The van der Waals surface area contributed by atoms with Crippen LogP contribution in [0.1, 0.15) is 25.3 Å². The van der Waals surface area contributed by atoms with Crippen LogP contribution in [-0.2, 0) is 11.3 Å². The molecular weight excluding hydrogens is 450 g/mol. The maximum atomic E-state index is 13.1. The summed E-state index contributed by atoms with van der Waals surface area (Å²) in [4.78, 5) is 37.3. The van der Waals surface area contributed by atoms with Crippen LogP contribution in [0.25, 0.3) is 32.4 Å². The number of fused-ring (bicyclic) bond motifs is 1. The molecule has 1 aromatic carbocycles. The molecule has 4 aromatic rings. The van der Waals surface area contributed by atoms with E-state index in [1.165, 1.54) is 22.2 Å². The Morgan fingerprint density at radius 1 is 1.31 bits per heavy atom. The van der Waals surface area contributed by atoms with Gasteiger partial charge in [0.1, 0.15) is 11.4 Å². The molecule has 0 bridgehead atoms. The Kier molecular flexibility index (Phi) is 6.38. The second-order valence-electron chi connectivity index (χ2n) is 7.49. The molecule has 0 unspecified atom stereocenters. The van der Waals surface area contributed by atoms with Crippen LogP contribution in [0, 0.1) is 6.92 Å². The molecule has 0 spiro atoms. The second-order valence-corrected chi connectivity index (χ2v) is 8.89. The second kappa shape index (κ2) is 9.22. The lowest BCUT2D eigenvalue weighted by Crippen LogP contribution is -2.34. The average molecular weight is 472 g/mol. The lowest BCUT2D eigenvalue weighted by Gasteiger charge is -2.17. The summed E-state index contributed by atoms with van der Waals surface area (Å²) < 4.78 is 6.81. The Morgan fingerprint density at radius 2 is 2.09 bits per heavy atom. The summed E-state index contributed by atoms with van der Waals surface area (Å²) >= 11 is 7.54. The number of likely N-dealkylation sites (N-methyl/N-ethyl adjacent to an activating group) is 1. The van der Waals surface area contributed by atoms with Gasteiger partial charge in [-0.2, -0.15) is 4.98 Å². The zero-order valence-corrected chi connectivity index (χ0v) is 19.5. The van der Waals surface area contributed by atoms with Gasteiger partial charge >= 0.3 is 0 Å². The van der Waals surface area contributed by atoms with Gasteiger partial charge in [0.25, 0.3) is 11.4 Å². The van der Waals surface area contributed by atoms with Crippen molar-refractivity contribution in [3.8, 4) is 22.2 Å². The molecule has 0 aliphatic carbocycles. The fraction of sp³-hybridized carbons (Fsp3) is 0.318. The molecular formula is C22H22ClN5O3S. The molecule has 10 heteroatoms. The summed E-state index contributed by atoms with van der Waals surface area (Å²) in [5, 5.41) is 5.01. The summed E-state index contributed by atoms with van der Waals surface area (Å²) in [7, 11) is 1.75. The third-order valence-electron chi connectivity index (χ3n) is 5.23. The molecule has 166 valence electrons. The van der Waals surface area contributed by atoms with Crippen molar-refractivity contribution in [3.05, 3.63) is 51.5 Å². The zero-order valence-electron chi connectivity index (χ0n) is 18.0. The summed E-state index contributed by atoms with van der Waals surface area (Å²) in [6.45, 7) is 4.49. The molecule has 1 amide bonds. The Labute approximate surface area is 193 Å². The van der Waals surface area contributed by atoms with E-state index in [0.717, 1.165) is 12.8 Å². The van der Waals surface area contributed by atoms with Gasteiger partial charge in [-0.05, 0) is 31.0 Å². The summed E-state index contributed by atoms with van der Waals surface area (Å²) in [6.07, 6.45) is 3.33. The summed E-state index contributed by atoms with van der Waals surface area (Å²) in [6, 6.07) is 7.23. The minimum Gasteiger partial charge on any atom is -0.344 e.